The summed E-state index contributed by atoms with van der Waals surface area (Å²) < 4.78 is 0. The first kappa shape index (κ1) is 13.5. The lowest BCUT2D eigenvalue weighted by molar-refractivity contribution is 1.07. The van der Waals surface area contributed by atoms with E-state index in [0.717, 1.165) is 5.56 Å². The first-order valence-electron chi connectivity index (χ1n) is 5.40. The van der Waals surface area contributed by atoms with Crippen LogP contribution in [0.4, 0.5) is 0 Å². The van der Waals surface area contributed by atoms with Crippen LogP contribution in [-0.2, 0) is 6.54 Å². The van der Waals surface area contributed by atoms with Gasteiger partial charge in [-0.25, -0.2) is 0 Å². The second kappa shape index (κ2) is 6.89. The highest BCUT2D eigenvalue weighted by molar-refractivity contribution is 5.85. The van der Waals surface area contributed by atoms with Gasteiger partial charge >= 0.3 is 0 Å². The average molecular weight is 246 g/mol. The number of benzene rings is 2. The maximum absolute atomic E-state index is 5.55. The molecule has 0 spiro atoms. The van der Waals surface area contributed by atoms with Crippen molar-refractivity contribution < 1.29 is 0 Å². The number of halogens is 1. The van der Waals surface area contributed by atoms with E-state index in [1.807, 2.05) is 18.2 Å². The minimum absolute atomic E-state index is 0. The quantitative estimate of drug-likeness (QED) is 0.820. The maximum atomic E-state index is 5.55. The van der Waals surface area contributed by atoms with Crippen molar-refractivity contribution in [3.8, 4) is 0 Å². The van der Waals surface area contributed by atoms with Gasteiger partial charge in [-0.15, -0.1) is 12.4 Å². The van der Waals surface area contributed by atoms with Gasteiger partial charge in [0.1, 0.15) is 0 Å². The highest BCUT2D eigenvalue weighted by atomic mass is 35.5. The van der Waals surface area contributed by atoms with Crippen LogP contribution >= 0.6 is 12.4 Å². The Hall–Kier alpha value is -1.57. The average Bonchev–Trinajstić information content (AvgIpc) is 2.38. The van der Waals surface area contributed by atoms with E-state index >= 15 is 0 Å². The van der Waals surface area contributed by atoms with Crippen molar-refractivity contribution in [2.24, 2.45) is 5.73 Å². The van der Waals surface area contributed by atoms with Gasteiger partial charge in [-0.1, -0.05) is 66.7 Å². The molecule has 2 aromatic carbocycles. The van der Waals surface area contributed by atoms with Crippen LogP contribution in [0, 0.1) is 0 Å². The van der Waals surface area contributed by atoms with Crippen molar-refractivity contribution in [2.45, 2.75) is 6.54 Å². The molecule has 0 aliphatic rings. The summed E-state index contributed by atoms with van der Waals surface area (Å²) in [7, 11) is 0. The topological polar surface area (TPSA) is 26.0 Å². The lowest BCUT2D eigenvalue weighted by atomic mass is 10.1. The van der Waals surface area contributed by atoms with Crippen molar-refractivity contribution in [1.82, 2.24) is 0 Å². The molecule has 0 aliphatic carbocycles. The van der Waals surface area contributed by atoms with Crippen molar-refractivity contribution >= 4 is 24.6 Å². The molecule has 0 heterocycles. The van der Waals surface area contributed by atoms with E-state index in [9.17, 15) is 0 Å². The van der Waals surface area contributed by atoms with E-state index in [4.69, 9.17) is 5.73 Å². The molecule has 0 radical (unpaired) electrons. The van der Waals surface area contributed by atoms with Crippen LogP contribution < -0.4 is 5.73 Å². The van der Waals surface area contributed by atoms with Crippen LogP contribution in [0.25, 0.3) is 12.2 Å². The lowest BCUT2D eigenvalue weighted by Gasteiger charge is -1.97. The van der Waals surface area contributed by atoms with Gasteiger partial charge in [0.2, 0.25) is 0 Å². The molecule has 0 fully saturated rings. The van der Waals surface area contributed by atoms with Gasteiger partial charge in [-0.3, -0.25) is 0 Å². The molecule has 0 amide bonds. The first-order chi connectivity index (χ1) is 7.88. The molecule has 17 heavy (non-hydrogen) atoms. The number of hydrogen-bond acceptors (Lipinski definition) is 1. The van der Waals surface area contributed by atoms with E-state index < -0.39 is 0 Å². The summed E-state index contributed by atoms with van der Waals surface area (Å²) in [6.45, 7) is 0.600. The van der Waals surface area contributed by atoms with E-state index in [2.05, 4.69) is 48.6 Å². The zero-order valence-electron chi connectivity index (χ0n) is 9.54. The van der Waals surface area contributed by atoms with Crippen LogP contribution in [0.5, 0.6) is 0 Å². The predicted molar refractivity (Wildman–Crippen MR) is 77.0 cm³/mol. The Morgan fingerprint density at radius 1 is 0.765 bits per heavy atom. The monoisotopic (exact) mass is 245 g/mol. The van der Waals surface area contributed by atoms with Gasteiger partial charge in [0.25, 0.3) is 0 Å². The zero-order valence-corrected chi connectivity index (χ0v) is 10.4. The van der Waals surface area contributed by atoms with Gasteiger partial charge in [-0.05, 0) is 16.7 Å². The second-order valence-electron chi connectivity index (χ2n) is 3.69. The molecule has 2 N–H and O–H groups in total. The molecule has 0 aromatic heterocycles. The summed E-state index contributed by atoms with van der Waals surface area (Å²) in [5, 5.41) is 0. The summed E-state index contributed by atoms with van der Waals surface area (Å²) in [6.07, 6.45) is 4.22. The fraction of sp³-hybridized carbons (Fsp3) is 0.0667. The van der Waals surface area contributed by atoms with Crippen molar-refractivity contribution in [1.29, 1.82) is 0 Å². The third-order valence-electron chi connectivity index (χ3n) is 2.48. The number of hydrogen-bond donors (Lipinski definition) is 1. The van der Waals surface area contributed by atoms with Gasteiger partial charge in [-0.2, -0.15) is 0 Å². The van der Waals surface area contributed by atoms with Crippen LogP contribution in [0.1, 0.15) is 16.7 Å². The molecule has 2 aromatic rings. The highest BCUT2D eigenvalue weighted by Gasteiger charge is 1.89. The Morgan fingerprint density at radius 3 is 1.82 bits per heavy atom. The largest absolute Gasteiger partial charge is 0.326 e. The Morgan fingerprint density at radius 2 is 1.29 bits per heavy atom. The lowest BCUT2D eigenvalue weighted by Crippen LogP contribution is -1.94. The van der Waals surface area contributed by atoms with Gasteiger partial charge in [0.05, 0.1) is 0 Å². The molecule has 2 heteroatoms. The van der Waals surface area contributed by atoms with E-state index in [-0.39, 0.29) is 12.4 Å². The Kier molecular flexibility index (Phi) is 5.47. The van der Waals surface area contributed by atoms with Crippen LogP contribution in [0.3, 0.4) is 0 Å². The highest BCUT2D eigenvalue weighted by Crippen LogP contribution is 2.09. The number of nitrogens with two attached hydrogens (primary N) is 1. The zero-order chi connectivity index (χ0) is 11.2. The molecular weight excluding hydrogens is 230 g/mol. The van der Waals surface area contributed by atoms with Crippen molar-refractivity contribution in [3.63, 3.8) is 0 Å². The minimum Gasteiger partial charge on any atom is -0.326 e. The van der Waals surface area contributed by atoms with Gasteiger partial charge in [0.15, 0.2) is 0 Å². The van der Waals surface area contributed by atoms with Crippen LogP contribution in [0.2, 0.25) is 0 Å². The molecule has 0 atom stereocenters. The summed E-state index contributed by atoms with van der Waals surface area (Å²) in [5.74, 6) is 0. The summed E-state index contributed by atoms with van der Waals surface area (Å²) in [4.78, 5) is 0. The first-order valence-corrected chi connectivity index (χ1v) is 5.40. The molecular formula is C15H16ClN. The number of rotatable bonds is 3. The van der Waals surface area contributed by atoms with Crippen molar-refractivity contribution in [2.75, 3.05) is 0 Å². The van der Waals surface area contributed by atoms with Gasteiger partial charge < -0.3 is 5.73 Å². The smallest absolute Gasteiger partial charge is 0.0178 e. The Labute approximate surface area is 108 Å². The predicted octanol–water partition coefficient (Wildman–Crippen LogP) is 3.74. The standard InChI is InChI=1S/C15H15N.ClH/c16-12-15-10-8-14(9-11-15)7-6-13-4-2-1-3-5-13;/h1-11H,12,16H2;1H/b7-6+;. The molecule has 0 saturated heterocycles. The Balaban J connectivity index is 0.00000144. The third kappa shape index (κ3) is 4.06. The molecule has 0 saturated carbocycles. The maximum Gasteiger partial charge on any atom is 0.0178 e. The van der Waals surface area contributed by atoms with Crippen molar-refractivity contribution in [3.05, 3.63) is 71.3 Å². The van der Waals surface area contributed by atoms with Crippen LogP contribution in [0.15, 0.2) is 54.6 Å². The molecule has 1 nitrogen and oxygen atoms in total. The van der Waals surface area contributed by atoms with E-state index in [1.165, 1.54) is 11.1 Å². The normalized spacial score (nSPS) is 10.2. The third-order valence-corrected chi connectivity index (χ3v) is 2.48. The van der Waals surface area contributed by atoms with Crippen LogP contribution in [-0.4, -0.2) is 0 Å². The van der Waals surface area contributed by atoms with Gasteiger partial charge in [0, 0.05) is 6.54 Å². The fourth-order valence-corrected chi connectivity index (χ4v) is 1.52. The molecule has 88 valence electrons. The summed E-state index contributed by atoms with van der Waals surface area (Å²) >= 11 is 0. The fourth-order valence-electron chi connectivity index (χ4n) is 1.52. The summed E-state index contributed by atoms with van der Waals surface area (Å²) in [5.41, 5.74) is 9.12. The summed E-state index contributed by atoms with van der Waals surface area (Å²) in [6, 6.07) is 18.6. The second-order valence-corrected chi connectivity index (χ2v) is 3.69. The molecule has 2 rings (SSSR count). The molecule has 0 bridgehead atoms. The van der Waals surface area contributed by atoms with E-state index in [1.54, 1.807) is 0 Å². The minimum atomic E-state index is 0. The Bertz CT molecular complexity index is 460. The molecule has 0 unspecified atom stereocenters. The van der Waals surface area contributed by atoms with E-state index in [0.29, 0.717) is 6.54 Å². The molecule has 0 aliphatic heterocycles. The SMILES string of the molecule is Cl.NCc1ccc(/C=C/c2ccccc2)cc1.